The molecule has 19 heavy (non-hydrogen) atoms. The first-order chi connectivity index (χ1) is 9.10. The summed E-state index contributed by atoms with van der Waals surface area (Å²) in [5, 5.41) is 3.30. The van der Waals surface area contributed by atoms with Crippen LogP contribution >= 0.6 is 11.6 Å². The number of amides is 1. The van der Waals surface area contributed by atoms with Crippen molar-refractivity contribution in [1.82, 2.24) is 9.97 Å². The number of benzene rings is 1. The summed E-state index contributed by atoms with van der Waals surface area (Å²) in [6.45, 7) is 1.89. The van der Waals surface area contributed by atoms with Gasteiger partial charge in [0.2, 0.25) is 5.88 Å². The Hall–Kier alpha value is -2.14. The average Bonchev–Trinajstić information content (AvgIpc) is 2.43. The lowest BCUT2D eigenvalue weighted by Gasteiger charge is -2.06. The number of aromatic nitrogens is 2. The fraction of sp³-hybridized carbons (Fsp3) is 0.154. The van der Waals surface area contributed by atoms with Crippen LogP contribution in [0.4, 0.5) is 5.69 Å². The largest absolute Gasteiger partial charge is 0.481 e. The molecule has 1 aromatic heterocycles. The van der Waals surface area contributed by atoms with Crippen LogP contribution in [0.25, 0.3) is 0 Å². The predicted molar refractivity (Wildman–Crippen MR) is 72.7 cm³/mol. The van der Waals surface area contributed by atoms with Gasteiger partial charge in [0.15, 0.2) is 0 Å². The third-order valence-electron chi connectivity index (χ3n) is 2.51. The van der Waals surface area contributed by atoms with E-state index < -0.39 is 0 Å². The summed E-state index contributed by atoms with van der Waals surface area (Å²) in [6.07, 6.45) is 1.27. The van der Waals surface area contributed by atoms with Crippen LogP contribution in [0.5, 0.6) is 5.88 Å². The molecule has 1 heterocycles. The van der Waals surface area contributed by atoms with Gasteiger partial charge in [-0.1, -0.05) is 17.7 Å². The molecule has 1 aromatic carbocycles. The zero-order chi connectivity index (χ0) is 13.8. The van der Waals surface area contributed by atoms with E-state index in [1.54, 1.807) is 12.1 Å². The van der Waals surface area contributed by atoms with Crippen LogP contribution in [0, 0.1) is 6.92 Å². The summed E-state index contributed by atoms with van der Waals surface area (Å²) < 4.78 is 4.94. The zero-order valence-electron chi connectivity index (χ0n) is 10.5. The number of rotatable bonds is 3. The molecule has 1 N–H and O–H groups in total. The molecule has 0 aliphatic rings. The Bertz CT molecular complexity index is 617. The fourth-order valence-corrected chi connectivity index (χ4v) is 1.62. The third-order valence-corrected chi connectivity index (χ3v) is 2.92. The van der Waals surface area contributed by atoms with Gasteiger partial charge in [-0.15, -0.1) is 0 Å². The van der Waals surface area contributed by atoms with Crippen LogP contribution in [-0.4, -0.2) is 23.0 Å². The molecule has 1 amide bonds. The number of nitrogens with one attached hydrogen (secondary N) is 1. The van der Waals surface area contributed by atoms with Crippen molar-refractivity contribution in [1.29, 1.82) is 0 Å². The van der Waals surface area contributed by atoms with Crippen molar-refractivity contribution >= 4 is 23.2 Å². The lowest BCUT2D eigenvalue weighted by atomic mass is 10.2. The van der Waals surface area contributed by atoms with E-state index in [1.807, 2.05) is 13.0 Å². The minimum atomic E-state index is -0.347. The first-order valence-corrected chi connectivity index (χ1v) is 5.91. The number of ether oxygens (including phenoxy) is 1. The Balaban J connectivity index is 2.18. The van der Waals surface area contributed by atoms with E-state index in [1.165, 1.54) is 19.5 Å². The third kappa shape index (κ3) is 3.20. The van der Waals surface area contributed by atoms with Crippen molar-refractivity contribution in [2.24, 2.45) is 0 Å². The number of hydrogen-bond acceptors (Lipinski definition) is 4. The van der Waals surface area contributed by atoms with E-state index in [4.69, 9.17) is 16.3 Å². The van der Waals surface area contributed by atoms with Crippen molar-refractivity contribution in [3.8, 4) is 5.88 Å². The standard InChI is InChI=1S/C13H12ClN3O2/c1-8-3-4-9(5-10(8)14)17-13(18)11-6-12(19-2)16-7-15-11/h3-7H,1-2H3,(H,17,18). The van der Waals surface area contributed by atoms with E-state index in [2.05, 4.69) is 15.3 Å². The average molecular weight is 278 g/mol. The molecule has 0 spiro atoms. The van der Waals surface area contributed by atoms with Gasteiger partial charge in [-0.05, 0) is 24.6 Å². The molecular weight excluding hydrogens is 266 g/mol. The van der Waals surface area contributed by atoms with Crippen molar-refractivity contribution in [3.63, 3.8) is 0 Å². The van der Waals surface area contributed by atoms with Crippen LogP contribution in [0.1, 0.15) is 16.1 Å². The molecule has 5 nitrogen and oxygen atoms in total. The van der Waals surface area contributed by atoms with Crippen LogP contribution in [0.15, 0.2) is 30.6 Å². The van der Waals surface area contributed by atoms with Gasteiger partial charge in [-0.25, -0.2) is 9.97 Å². The van der Waals surface area contributed by atoms with Gasteiger partial charge in [0.05, 0.1) is 7.11 Å². The Labute approximate surface area is 115 Å². The number of halogens is 1. The first kappa shape index (κ1) is 13.3. The van der Waals surface area contributed by atoms with Crippen molar-refractivity contribution in [3.05, 3.63) is 46.9 Å². The molecule has 2 aromatic rings. The second-order valence-electron chi connectivity index (χ2n) is 3.86. The predicted octanol–water partition coefficient (Wildman–Crippen LogP) is 2.70. The molecule has 0 aliphatic carbocycles. The fourth-order valence-electron chi connectivity index (χ4n) is 1.44. The Morgan fingerprint density at radius 3 is 2.79 bits per heavy atom. The molecule has 0 radical (unpaired) electrons. The number of carbonyl (C=O) groups is 1. The highest BCUT2D eigenvalue weighted by molar-refractivity contribution is 6.31. The Morgan fingerprint density at radius 1 is 1.32 bits per heavy atom. The summed E-state index contributed by atoms with van der Waals surface area (Å²) in [7, 11) is 1.48. The summed E-state index contributed by atoms with van der Waals surface area (Å²) in [4.78, 5) is 19.7. The molecule has 0 bridgehead atoms. The maximum absolute atomic E-state index is 12.0. The molecule has 0 fully saturated rings. The molecule has 0 saturated heterocycles. The monoisotopic (exact) mass is 277 g/mol. The number of hydrogen-bond donors (Lipinski definition) is 1. The summed E-state index contributed by atoms with van der Waals surface area (Å²) in [6, 6.07) is 6.76. The van der Waals surface area contributed by atoms with Crippen LogP contribution in [0.3, 0.4) is 0 Å². The SMILES string of the molecule is COc1cc(C(=O)Nc2ccc(C)c(Cl)c2)ncn1. The van der Waals surface area contributed by atoms with Gasteiger partial charge in [0.25, 0.3) is 5.91 Å². The Kier molecular flexibility index (Phi) is 3.97. The highest BCUT2D eigenvalue weighted by Crippen LogP contribution is 2.20. The lowest BCUT2D eigenvalue weighted by Crippen LogP contribution is -2.14. The second-order valence-corrected chi connectivity index (χ2v) is 4.27. The molecular formula is C13H12ClN3O2. The van der Waals surface area contributed by atoms with E-state index in [9.17, 15) is 4.79 Å². The van der Waals surface area contributed by atoms with Gasteiger partial charge < -0.3 is 10.1 Å². The van der Waals surface area contributed by atoms with Gasteiger partial charge >= 0.3 is 0 Å². The van der Waals surface area contributed by atoms with E-state index >= 15 is 0 Å². The highest BCUT2D eigenvalue weighted by Gasteiger charge is 2.10. The van der Waals surface area contributed by atoms with E-state index in [-0.39, 0.29) is 11.6 Å². The number of nitrogens with zero attached hydrogens (tertiary/aromatic N) is 2. The zero-order valence-corrected chi connectivity index (χ0v) is 11.2. The molecule has 6 heteroatoms. The molecule has 2 rings (SSSR count). The number of methoxy groups -OCH3 is 1. The molecule has 0 atom stereocenters. The number of aryl methyl sites for hydroxylation is 1. The molecule has 0 unspecified atom stereocenters. The summed E-state index contributed by atoms with van der Waals surface area (Å²) >= 11 is 5.99. The smallest absolute Gasteiger partial charge is 0.274 e. The van der Waals surface area contributed by atoms with Crippen molar-refractivity contribution < 1.29 is 9.53 Å². The van der Waals surface area contributed by atoms with Crippen LogP contribution < -0.4 is 10.1 Å². The first-order valence-electron chi connectivity index (χ1n) is 5.53. The van der Waals surface area contributed by atoms with Crippen molar-refractivity contribution in [2.75, 3.05) is 12.4 Å². The van der Waals surface area contributed by atoms with E-state index in [0.717, 1.165) is 5.56 Å². The van der Waals surface area contributed by atoms with Gasteiger partial charge in [-0.3, -0.25) is 4.79 Å². The van der Waals surface area contributed by atoms with Gasteiger partial charge in [0.1, 0.15) is 12.0 Å². The maximum Gasteiger partial charge on any atom is 0.274 e. The quantitative estimate of drug-likeness (QED) is 0.937. The molecule has 0 saturated carbocycles. The molecule has 0 aliphatic heterocycles. The summed E-state index contributed by atoms with van der Waals surface area (Å²) in [5.74, 6) is -0.0114. The van der Waals surface area contributed by atoms with E-state index in [0.29, 0.717) is 16.6 Å². The number of anilines is 1. The minimum Gasteiger partial charge on any atom is -0.481 e. The van der Waals surface area contributed by atoms with Gasteiger partial charge in [-0.2, -0.15) is 0 Å². The minimum absolute atomic E-state index is 0.226. The van der Waals surface area contributed by atoms with Crippen LogP contribution in [0.2, 0.25) is 5.02 Å². The number of carbonyl (C=O) groups excluding carboxylic acids is 1. The summed E-state index contributed by atoms with van der Waals surface area (Å²) in [5.41, 5.74) is 1.78. The normalized spacial score (nSPS) is 10.1. The Morgan fingerprint density at radius 2 is 2.11 bits per heavy atom. The van der Waals surface area contributed by atoms with Crippen LogP contribution in [-0.2, 0) is 0 Å². The van der Waals surface area contributed by atoms with Gasteiger partial charge in [0, 0.05) is 16.8 Å². The highest BCUT2D eigenvalue weighted by atomic mass is 35.5. The molecule has 98 valence electrons. The topological polar surface area (TPSA) is 64.1 Å². The lowest BCUT2D eigenvalue weighted by molar-refractivity contribution is 0.102. The maximum atomic E-state index is 12.0. The second kappa shape index (κ2) is 5.67. The van der Waals surface area contributed by atoms with Crippen molar-refractivity contribution in [2.45, 2.75) is 6.92 Å².